The fraction of sp³-hybridized carbons (Fsp3) is 0.312. The van der Waals surface area contributed by atoms with Gasteiger partial charge in [0, 0.05) is 20.7 Å². The lowest BCUT2D eigenvalue weighted by Crippen LogP contribution is -2.15. The highest BCUT2D eigenvalue weighted by atomic mass is 32.2. The molecule has 1 N–H and O–H groups in total. The lowest BCUT2D eigenvalue weighted by atomic mass is 10.1. The van der Waals surface area contributed by atoms with Gasteiger partial charge in [-0.25, -0.2) is 19.0 Å². The number of benzene rings is 1. The summed E-state index contributed by atoms with van der Waals surface area (Å²) in [5.41, 5.74) is 1.67. The van der Waals surface area contributed by atoms with Crippen LogP contribution in [0.15, 0.2) is 35.6 Å². The predicted octanol–water partition coefficient (Wildman–Crippen LogP) is 3.02. The maximum absolute atomic E-state index is 13.1. The summed E-state index contributed by atoms with van der Waals surface area (Å²) < 4.78 is 20.3. The molecule has 0 bridgehead atoms. The number of ether oxygens (including phenoxy) is 1. The summed E-state index contributed by atoms with van der Waals surface area (Å²) in [6.45, 7) is 0.497. The van der Waals surface area contributed by atoms with Crippen LogP contribution < -0.4 is 5.32 Å². The molecule has 126 valence electrons. The van der Waals surface area contributed by atoms with Gasteiger partial charge in [0.15, 0.2) is 5.65 Å². The van der Waals surface area contributed by atoms with Gasteiger partial charge in [-0.3, -0.25) is 0 Å². The average molecular weight is 347 g/mol. The van der Waals surface area contributed by atoms with E-state index in [1.165, 1.54) is 18.5 Å². The minimum absolute atomic E-state index is 0.218. The molecule has 0 aliphatic carbocycles. The number of anilines is 1. The van der Waals surface area contributed by atoms with Crippen molar-refractivity contribution in [3.8, 4) is 0 Å². The van der Waals surface area contributed by atoms with Crippen molar-refractivity contribution in [2.24, 2.45) is 7.05 Å². The normalized spacial score (nSPS) is 12.5. The molecule has 2 heterocycles. The van der Waals surface area contributed by atoms with Crippen LogP contribution in [0.25, 0.3) is 11.0 Å². The fourth-order valence-corrected chi connectivity index (χ4v) is 3.13. The number of nitrogens with one attached hydrogen (secondary N) is 1. The van der Waals surface area contributed by atoms with E-state index in [1.807, 2.05) is 13.3 Å². The van der Waals surface area contributed by atoms with Crippen LogP contribution in [-0.2, 0) is 11.8 Å². The number of methoxy groups -OCH3 is 1. The zero-order valence-electron chi connectivity index (χ0n) is 13.7. The Bertz CT molecular complexity index is 836. The summed E-state index contributed by atoms with van der Waals surface area (Å²) in [7, 11) is 3.48. The van der Waals surface area contributed by atoms with Crippen molar-refractivity contribution in [3.05, 3.63) is 42.0 Å². The molecule has 0 aliphatic heterocycles. The molecule has 1 atom stereocenters. The minimum Gasteiger partial charge on any atom is -0.375 e. The van der Waals surface area contributed by atoms with E-state index >= 15 is 0 Å². The molecule has 8 heteroatoms. The van der Waals surface area contributed by atoms with E-state index in [0.717, 1.165) is 21.6 Å². The monoisotopic (exact) mass is 347 g/mol. The molecule has 3 rings (SSSR count). The molecule has 0 radical (unpaired) electrons. The van der Waals surface area contributed by atoms with Gasteiger partial charge in [-0.05, 0) is 24.0 Å². The molecule has 0 saturated heterocycles. The highest BCUT2D eigenvalue weighted by molar-refractivity contribution is 7.98. The molecule has 1 aromatic carbocycles. The molecule has 0 saturated carbocycles. The summed E-state index contributed by atoms with van der Waals surface area (Å²) in [5, 5.41) is 9.51. The second kappa shape index (κ2) is 7.14. The van der Waals surface area contributed by atoms with Crippen molar-refractivity contribution in [1.82, 2.24) is 19.7 Å². The highest BCUT2D eigenvalue weighted by Gasteiger charge is 2.16. The van der Waals surface area contributed by atoms with Crippen LogP contribution >= 0.6 is 11.8 Å². The standard InChI is InChI=1S/C16H18FN5OS/c1-22-15-13(16(21-22)24-3)14(19-9-20-15)18-8-12(23-2)10-4-6-11(17)7-5-10/h4-7,9,12H,8H2,1-3H3,(H,18,19,20)/t12-/m1/s1. The number of thioether (sulfide) groups is 1. The smallest absolute Gasteiger partial charge is 0.164 e. The Balaban J connectivity index is 1.85. The van der Waals surface area contributed by atoms with Crippen LogP contribution in [0.4, 0.5) is 10.2 Å². The van der Waals surface area contributed by atoms with Gasteiger partial charge >= 0.3 is 0 Å². The number of halogens is 1. The molecule has 0 aliphatic rings. The third kappa shape index (κ3) is 3.20. The third-order valence-corrected chi connectivity index (χ3v) is 4.44. The van der Waals surface area contributed by atoms with Crippen molar-refractivity contribution >= 4 is 28.6 Å². The molecular formula is C16H18FN5OS. The van der Waals surface area contributed by atoms with Crippen LogP contribution in [0.1, 0.15) is 11.7 Å². The molecule has 0 amide bonds. The summed E-state index contributed by atoms with van der Waals surface area (Å²) >= 11 is 1.55. The van der Waals surface area contributed by atoms with E-state index in [2.05, 4.69) is 20.4 Å². The lowest BCUT2D eigenvalue weighted by Gasteiger charge is -2.17. The first-order valence-corrected chi connectivity index (χ1v) is 8.60. The molecule has 6 nitrogen and oxygen atoms in total. The SMILES string of the molecule is CO[C@H](CNc1ncnc2c1c(SC)nn2C)c1ccc(F)cc1. The van der Waals surface area contributed by atoms with Crippen molar-refractivity contribution < 1.29 is 9.13 Å². The first-order chi connectivity index (χ1) is 11.6. The van der Waals surface area contributed by atoms with Gasteiger partial charge in [0.25, 0.3) is 0 Å². The number of aromatic nitrogens is 4. The average Bonchev–Trinajstić information content (AvgIpc) is 2.94. The van der Waals surface area contributed by atoms with E-state index < -0.39 is 0 Å². The molecule has 3 aromatic rings. The quantitative estimate of drug-likeness (QED) is 0.692. The third-order valence-electron chi connectivity index (χ3n) is 3.76. The second-order valence-corrected chi connectivity index (χ2v) is 6.01. The number of nitrogens with zero attached hydrogens (tertiary/aromatic N) is 4. The van der Waals surface area contributed by atoms with Crippen molar-refractivity contribution in [1.29, 1.82) is 0 Å². The number of hydrogen-bond acceptors (Lipinski definition) is 6. The van der Waals surface area contributed by atoms with Crippen molar-refractivity contribution in [3.63, 3.8) is 0 Å². The molecule has 24 heavy (non-hydrogen) atoms. The summed E-state index contributed by atoms with van der Waals surface area (Å²) in [6.07, 6.45) is 3.26. The van der Waals surface area contributed by atoms with Gasteiger partial charge in [-0.2, -0.15) is 5.10 Å². The van der Waals surface area contributed by atoms with E-state index in [-0.39, 0.29) is 11.9 Å². The number of aryl methyl sites for hydroxylation is 1. The van der Waals surface area contributed by atoms with Crippen molar-refractivity contribution in [2.75, 3.05) is 25.2 Å². The Kier molecular flexibility index (Phi) is 4.96. The maximum atomic E-state index is 13.1. The van der Waals surface area contributed by atoms with Crippen LogP contribution in [0.3, 0.4) is 0 Å². The molecule has 0 spiro atoms. The number of fused-ring (bicyclic) bond motifs is 1. The van der Waals surface area contributed by atoms with Crippen molar-refractivity contribution in [2.45, 2.75) is 11.1 Å². The van der Waals surface area contributed by atoms with Gasteiger partial charge in [-0.1, -0.05) is 12.1 Å². The summed E-state index contributed by atoms with van der Waals surface area (Å²) in [6, 6.07) is 6.30. The van der Waals surface area contributed by atoms with Gasteiger partial charge in [0.1, 0.15) is 23.0 Å². The summed E-state index contributed by atoms with van der Waals surface area (Å²) in [4.78, 5) is 8.63. The molecular weight excluding hydrogens is 329 g/mol. The van der Waals surface area contributed by atoms with E-state index in [9.17, 15) is 4.39 Å². The highest BCUT2D eigenvalue weighted by Crippen LogP contribution is 2.29. The Morgan fingerprint density at radius 1 is 1.29 bits per heavy atom. The van der Waals surface area contributed by atoms with Gasteiger partial charge in [0.05, 0.1) is 11.5 Å². The zero-order valence-corrected chi connectivity index (χ0v) is 14.5. The van der Waals surface area contributed by atoms with Crippen LogP contribution in [0, 0.1) is 5.82 Å². The molecule has 0 unspecified atom stereocenters. The van der Waals surface area contributed by atoms with Crippen LogP contribution in [0.2, 0.25) is 0 Å². The van der Waals surface area contributed by atoms with Gasteiger partial charge in [0.2, 0.25) is 0 Å². The topological polar surface area (TPSA) is 64.9 Å². The zero-order chi connectivity index (χ0) is 17.1. The number of rotatable bonds is 6. The second-order valence-electron chi connectivity index (χ2n) is 5.21. The van der Waals surface area contributed by atoms with Crippen LogP contribution in [-0.4, -0.2) is 39.7 Å². The minimum atomic E-state index is -0.265. The van der Waals surface area contributed by atoms with E-state index in [4.69, 9.17) is 4.74 Å². The van der Waals surface area contributed by atoms with Crippen LogP contribution in [0.5, 0.6) is 0 Å². The van der Waals surface area contributed by atoms with Gasteiger partial charge in [-0.15, -0.1) is 11.8 Å². The Hall–Kier alpha value is -2.19. The van der Waals surface area contributed by atoms with Gasteiger partial charge < -0.3 is 10.1 Å². The Morgan fingerprint density at radius 3 is 2.71 bits per heavy atom. The first kappa shape index (κ1) is 16.7. The Labute approximate surface area is 143 Å². The fourth-order valence-electron chi connectivity index (χ4n) is 2.53. The largest absolute Gasteiger partial charge is 0.375 e. The lowest BCUT2D eigenvalue weighted by molar-refractivity contribution is 0.114. The van der Waals surface area contributed by atoms with E-state index in [0.29, 0.717) is 12.4 Å². The number of hydrogen-bond donors (Lipinski definition) is 1. The molecule has 2 aromatic heterocycles. The van der Waals surface area contributed by atoms with E-state index in [1.54, 1.807) is 35.7 Å². The first-order valence-electron chi connectivity index (χ1n) is 7.38. The molecule has 0 fully saturated rings. The maximum Gasteiger partial charge on any atom is 0.164 e. The summed E-state index contributed by atoms with van der Waals surface area (Å²) in [5.74, 6) is 0.445. The Morgan fingerprint density at radius 2 is 2.04 bits per heavy atom. The predicted molar refractivity (Wildman–Crippen MR) is 92.7 cm³/mol.